The predicted molar refractivity (Wildman–Crippen MR) is 158 cm³/mol. The average molecular weight is 630 g/mol. The first-order chi connectivity index (χ1) is 20.4. The highest BCUT2D eigenvalue weighted by molar-refractivity contribution is 7.12. The molecule has 1 N–H and O–H groups in total. The zero-order chi connectivity index (χ0) is 31.2. The monoisotopic (exact) mass is 629 g/mol. The number of alkyl halides is 3. The fourth-order valence-corrected chi connectivity index (χ4v) is 8.14. The molecule has 4 heterocycles. The van der Waals surface area contributed by atoms with Gasteiger partial charge in [-0.3, -0.25) is 9.69 Å². The van der Waals surface area contributed by atoms with Crippen LogP contribution in [0.25, 0.3) is 0 Å². The molecule has 1 aromatic heterocycles. The molecule has 0 bridgehead atoms. The van der Waals surface area contributed by atoms with Crippen molar-refractivity contribution in [3.05, 3.63) is 21.9 Å². The first-order valence-corrected chi connectivity index (χ1v) is 16.7. The van der Waals surface area contributed by atoms with Crippen molar-refractivity contribution < 1.29 is 37.4 Å². The van der Waals surface area contributed by atoms with Crippen LogP contribution in [0, 0.1) is 12.8 Å². The topological polar surface area (TPSA) is 90.4 Å². The third-order valence-electron chi connectivity index (χ3n) is 9.73. The number of thiophene rings is 1. The molecule has 5 rings (SSSR count). The second-order valence-electron chi connectivity index (χ2n) is 12.5. The number of hydrogen-bond donors (Lipinski definition) is 1. The molecule has 2 amide bonds. The Balaban J connectivity index is 0.000000541. The van der Waals surface area contributed by atoms with Crippen molar-refractivity contribution >= 4 is 29.3 Å². The lowest BCUT2D eigenvalue weighted by atomic mass is 9.80. The Labute approximate surface area is 256 Å². The first-order valence-electron chi connectivity index (χ1n) is 15.8. The van der Waals surface area contributed by atoms with E-state index >= 15 is 0 Å². The minimum absolute atomic E-state index is 0.0502. The SMILES string of the molecule is CCCCC1N(CC2CCCCC2)C(=O)OC12CCN(C1CCN(C(=O)c3sccc3C)CC1)CC2.O=C(O)C(F)(F)F. The van der Waals surface area contributed by atoms with Crippen LogP contribution < -0.4 is 0 Å². The zero-order valence-corrected chi connectivity index (χ0v) is 26.2. The molecular weight excluding hydrogens is 583 g/mol. The maximum atomic E-state index is 13.2. The van der Waals surface area contributed by atoms with Gasteiger partial charge in [-0.2, -0.15) is 13.2 Å². The number of carboxylic acid groups (broad SMARTS) is 1. The number of carbonyl (C=O) groups excluding carboxylic acids is 2. The minimum Gasteiger partial charge on any atom is -0.475 e. The largest absolute Gasteiger partial charge is 0.490 e. The lowest BCUT2D eigenvalue weighted by Crippen LogP contribution is -2.56. The van der Waals surface area contributed by atoms with Gasteiger partial charge in [0.2, 0.25) is 0 Å². The summed E-state index contributed by atoms with van der Waals surface area (Å²) in [6.07, 6.45) is 8.71. The molecule has 1 atom stereocenters. The number of hydrogen-bond acceptors (Lipinski definition) is 6. The van der Waals surface area contributed by atoms with Crippen molar-refractivity contribution in [3.8, 4) is 0 Å². The summed E-state index contributed by atoms with van der Waals surface area (Å²) in [5.74, 6) is -1.91. The average Bonchev–Trinajstić information content (AvgIpc) is 3.52. The van der Waals surface area contributed by atoms with E-state index in [0.29, 0.717) is 12.0 Å². The maximum Gasteiger partial charge on any atom is 0.490 e. The first kappa shape index (κ1) is 33.6. The summed E-state index contributed by atoms with van der Waals surface area (Å²) in [6.45, 7) is 8.84. The molecule has 3 saturated heterocycles. The normalized spacial score (nSPS) is 23.7. The summed E-state index contributed by atoms with van der Waals surface area (Å²) in [4.78, 5) is 42.7. The number of aryl methyl sites for hydroxylation is 1. The van der Waals surface area contributed by atoms with Gasteiger partial charge in [0.25, 0.3) is 5.91 Å². The Morgan fingerprint density at radius 1 is 1.07 bits per heavy atom. The molecular formula is C31H46F3N3O5S. The summed E-state index contributed by atoms with van der Waals surface area (Å²) >= 11 is 1.56. The van der Waals surface area contributed by atoms with E-state index in [4.69, 9.17) is 14.6 Å². The van der Waals surface area contributed by atoms with Crippen molar-refractivity contribution in [2.24, 2.45) is 5.92 Å². The number of unbranched alkanes of at least 4 members (excludes halogenated alkanes) is 1. The van der Waals surface area contributed by atoms with Crippen molar-refractivity contribution in [1.82, 2.24) is 14.7 Å². The lowest BCUT2D eigenvalue weighted by Gasteiger charge is -2.46. The van der Waals surface area contributed by atoms with Gasteiger partial charge < -0.3 is 19.6 Å². The van der Waals surface area contributed by atoms with Gasteiger partial charge in [-0.15, -0.1) is 11.3 Å². The van der Waals surface area contributed by atoms with E-state index in [9.17, 15) is 22.8 Å². The Kier molecular flexibility index (Phi) is 11.4. The molecule has 0 aromatic carbocycles. The second-order valence-corrected chi connectivity index (χ2v) is 13.5. The number of amides is 2. The van der Waals surface area contributed by atoms with Crippen LogP contribution in [0.2, 0.25) is 0 Å². The lowest BCUT2D eigenvalue weighted by molar-refractivity contribution is -0.192. The molecule has 4 fully saturated rings. The van der Waals surface area contributed by atoms with E-state index < -0.39 is 12.1 Å². The van der Waals surface area contributed by atoms with Crippen LogP contribution in [-0.2, 0) is 9.53 Å². The number of aliphatic carboxylic acids is 1. The molecule has 1 saturated carbocycles. The number of halogens is 3. The van der Waals surface area contributed by atoms with Gasteiger partial charge in [0.15, 0.2) is 0 Å². The smallest absolute Gasteiger partial charge is 0.475 e. The summed E-state index contributed by atoms with van der Waals surface area (Å²) in [5, 5.41) is 9.14. The van der Waals surface area contributed by atoms with Crippen LogP contribution in [0.1, 0.15) is 99.2 Å². The van der Waals surface area contributed by atoms with Gasteiger partial charge >= 0.3 is 18.2 Å². The molecule has 3 aliphatic heterocycles. The summed E-state index contributed by atoms with van der Waals surface area (Å²) in [7, 11) is 0. The maximum absolute atomic E-state index is 13.2. The van der Waals surface area contributed by atoms with E-state index in [1.165, 1.54) is 32.1 Å². The highest BCUT2D eigenvalue weighted by atomic mass is 32.1. The fourth-order valence-electron chi connectivity index (χ4n) is 7.25. The Hall–Kier alpha value is -2.34. The number of likely N-dealkylation sites (tertiary alicyclic amines) is 2. The minimum atomic E-state index is -5.08. The molecule has 242 valence electrons. The Morgan fingerprint density at radius 3 is 2.23 bits per heavy atom. The quantitative estimate of drug-likeness (QED) is 0.360. The summed E-state index contributed by atoms with van der Waals surface area (Å²) in [6, 6.07) is 2.80. The number of ether oxygens (including phenoxy) is 1. The number of nitrogens with zero attached hydrogens (tertiary/aromatic N) is 3. The van der Waals surface area contributed by atoms with Crippen LogP contribution in [0.4, 0.5) is 18.0 Å². The fraction of sp³-hybridized carbons (Fsp3) is 0.774. The third kappa shape index (κ3) is 8.23. The van der Waals surface area contributed by atoms with Crippen molar-refractivity contribution in [2.75, 3.05) is 32.7 Å². The highest BCUT2D eigenvalue weighted by Gasteiger charge is 2.55. The van der Waals surface area contributed by atoms with Crippen molar-refractivity contribution in [1.29, 1.82) is 0 Å². The van der Waals surface area contributed by atoms with Gasteiger partial charge in [-0.25, -0.2) is 9.59 Å². The molecule has 4 aliphatic rings. The molecule has 1 aliphatic carbocycles. The molecule has 43 heavy (non-hydrogen) atoms. The standard InChI is InChI=1S/C29H45N3O3S.C2HF3O2/c1-3-4-10-25-29(35-28(34)32(25)21-23-8-6-5-7-9-23)14-18-30(19-15-29)24-11-16-31(17-12-24)27(33)26-22(2)13-20-36-26;3-2(4,5)1(6)7/h13,20,23-25H,3-12,14-19,21H2,1-2H3;(H,6,7). The summed E-state index contributed by atoms with van der Waals surface area (Å²) < 4.78 is 38.0. The molecule has 0 radical (unpaired) electrons. The van der Waals surface area contributed by atoms with Gasteiger partial charge in [0, 0.05) is 51.6 Å². The van der Waals surface area contributed by atoms with Gasteiger partial charge in [-0.1, -0.05) is 39.0 Å². The molecule has 1 aromatic rings. The van der Waals surface area contributed by atoms with Crippen molar-refractivity contribution in [3.63, 3.8) is 0 Å². The van der Waals surface area contributed by atoms with Gasteiger partial charge in [-0.05, 0) is 62.0 Å². The predicted octanol–water partition coefficient (Wildman–Crippen LogP) is 6.72. The molecule has 1 unspecified atom stereocenters. The van der Waals surface area contributed by atoms with E-state index in [1.807, 2.05) is 23.3 Å². The van der Waals surface area contributed by atoms with E-state index in [1.54, 1.807) is 11.3 Å². The van der Waals surface area contributed by atoms with Crippen LogP contribution >= 0.6 is 11.3 Å². The Morgan fingerprint density at radius 2 is 1.70 bits per heavy atom. The Bertz CT molecular complexity index is 1090. The van der Waals surface area contributed by atoms with Crippen LogP contribution in [-0.4, -0.2) is 94.4 Å². The number of carbonyl (C=O) groups is 3. The number of rotatable bonds is 7. The molecule has 12 heteroatoms. The number of carboxylic acids is 1. The van der Waals surface area contributed by atoms with E-state index in [-0.39, 0.29) is 23.6 Å². The highest BCUT2D eigenvalue weighted by Crippen LogP contribution is 2.43. The van der Waals surface area contributed by atoms with Gasteiger partial charge in [0.1, 0.15) is 5.60 Å². The van der Waals surface area contributed by atoms with Crippen molar-refractivity contribution in [2.45, 2.75) is 115 Å². The second kappa shape index (κ2) is 14.6. The zero-order valence-electron chi connectivity index (χ0n) is 25.4. The molecule has 8 nitrogen and oxygen atoms in total. The van der Waals surface area contributed by atoms with E-state index in [0.717, 1.165) is 88.1 Å². The van der Waals surface area contributed by atoms with Crippen LogP contribution in [0.5, 0.6) is 0 Å². The number of piperidine rings is 2. The molecule has 1 spiro atoms. The van der Waals surface area contributed by atoms with Gasteiger partial charge in [0.05, 0.1) is 10.9 Å². The summed E-state index contributed by atoms with van der Waals surface area (Å²) in [5.41, 5.74) is 0.792. The van der Waals surface area contributed by atoms with E-state index in [2.05, 4.69) is 16.7 Å². The third-order valence-corrected chi connectivity index (χ3v) is 10.7. The van der Waals surface area contributed by atoms with Crippen LogP contribution in [0.3, 0.4) is 0 Å². The van der Waals surface area contributed by atoms with Crippen LogP contribution in [0.15, 0.2) is 11.4 Å².